The molecule has 0 spiro atoms. The Bertz CT molecular complexity index is 566. The smallest absolute Gasteiger partial charge is 0.227 e. The lowest BCUT2D eigenvalue weighted by Gasteiger charge is -2.28. The van der Waals surface area contributed by atoms with E-state index in [1.165, 1.54) is 11.3 Å². The molecule has 0 aliphatic carbocycles. The molecule has 0 fully saturated rings. The van der Waals surface area contributed by atoms with Crippen LogP contribution >= 0.6 is 0 Å². The third kappa shape index (κ3) is 3.40. The molecule has 5 nitrogen and oxygen atoms in total. The molecular weight excluding hydrogens is 276 g/mol. The van der Waals surface area contributed by atoms with E-state index in [0.29, 0.717) is 13.1 Å². The molecule has 0 unspecified atom stereocenters. The molecule has 1 amide bonds. The highest BCUT2D eigenvalue weighted by molar-refractivity contribution is 5.98. The van der Waals surface area contributed by atoms with Gasteiger partial charge in [0.1, 0.15) is 0 Å². The van der Waals surface area contributed by atoms with Gasteiger partial charge in [-0.3, -0.25) is 9.79 Å². The molecule has 1 aliphatic rings. The molecule has 0 aromatic heterocycles. The van der Waals surface area contributed by atoms with Crippen molar-refractivity contribution in [3.8, 4) is 0 Å². The summed E-state index contributed by atoms with van der Waals surface area (Å²) in [5.74, 6) is 0.877. The third-order valence-corrected chi connectivity index (χ3v) is 4.00. The number of para-hydroxylation sites is 1. The van der Waals surface area contributed by atoms with E-state index in [4.69, 9.17) is 0 Å². The number of amides is 1. The average molecular weight is 302 g/mol. The maximum absolute atomic E-state index is 12.1. The number of fused-ring (bicyclic) bond motifs is 1. The van der Waals surface area contributed by atoms with Crippen molar-refractivity contribution in [2.45, 2.75) is 27.2 Å². The normalized spacial score (nSPS) is 14.7. The highest BCUT2D eigenvalue weighted by Crippen LogP contribution is 2.27. The summed E-state index contributed by atoms with van der Waals surface area (Å²) in [5, 5.41) is 6.23. The fraction of sp³-hybridized carbons (Fsp3) is 0.529. The molecule has 5 heteroatoms. The summed E-state index contributed by atoms with van der Waals surface area (Å²) < 4.78 is 0. The Balaban J connectivity index is 2.04. The molecule has 2 rings (SSSR count). The van der Waals surface area contributed by atoms with Gasteiger partial charge in [0.15, 0.2) is 5.96 Å². The SMILES string of the molecule is CCNC(=O)C(C)(C)CNC(=NC)N1CCc2ccccc21. The Labute approximate surface area is 132 Å². The summed E-state index contributed by atoms with van der Waals surface area (Å²) in [7, 11) is 1.78. The first kappa shape index (κ1) is 16.3. The van der Waals surface area contributed by atoms with Gasteiger partial charge in [-0.25, -0.2) is 0 Å². The maximum atomic E-state index is 12.1. The first-order valence-corrected chi connectivity index (χ1v) is 7.84. The van der Waals surface area contributed by atoms with E-state index in [0.717, 1.165) is 18.9 Å². The van der Waals surface area contributed by atoms with Crippen LogP contribution < -0.4 is 15.5 Å². The van der Waals surface area contributed by atoms with Gasteiger partial charge < -0.3 is 15.5 Å². The standard InChI is InChI=1S/C17H26N4O/c1-5-19-15(22)17(2,3)12-20-16(18-4)21-11-10-13-8-6-7-9-14(13)21/h6-9H,5,10-12H2,1-4H3,(H,18,20)(H,19,22). The van der Waals surface area contributed by atoms with Crippen molar-refractivity contribution in [3.05, 3.63) is 29.8 Å². The zero-order valence-electron chi connectivity index (χ0n) is 13.9. The number of guanidine groups is 1. The van der Waals surface area contributed by atoms with Crippen molar-refractivity contribution in [2.75, 3.05) is 31.6 Å². The van der Waals surface area contributed by atoms with Crippen LogP contribution in [-0.4, -0.2) is 38.5 Å². The van der Waals surface area contributed by atoms with Crippen LogP contribution in [0.1, 0.15) is 26.3 Å². The molecule has 0 atom stereocenters. The number of hydrogen-bond donors (Lipinski definition) is 2. The van der Waals surface area contributed by atoms with Crippen molar-refractivity contribution in [1.82, 2.24) is 10.6 Å². The van der Waals surface area contributed by atoms with Gasteiger partial charge in [0.2, 0.25) is 5.91 Å². The zero-order chi connectivity index (χ0) is 16.2. The molecular formula is C17H26N4O. The Kier molecular flexibility index (Phi) is 5.06. The number of carbonyl (C=O) groups is 1. The Hall–Kier alpha value is -2.04. The van der Waals surface area contributed by atoms with Gasteiger partial charge in [-0.15, -0.1) is 0 Å². The molecule has 0 radical (unpaired) electrons. The first-order chi connectivity index (χ1) is 10.5. The fourth-order valence-corrected chi connectivity index (χ4v) is 2.63. The van der Waals surface area contributed by atoms with Crippen LogP contribution in [0, 0.1) is 5.41 Å². The molecule has 0 saturated heterocycles. The highest BCUT2D eigenvalue weighted by Gasteiger charge is 2.29. The maximum Gasteiger partial charge on any atom is 0.227 e. The van der Waals surface area contributed by atoms with E-state index in [9.17, 15) is 4.79 Å². The topological polar surface area (TPSA) is 56.7 Å². The number of carbonyl (C=O) groups excluding carboxylic acids is 1. The van der Waals surface area contributed by atoms with Gasteiger partial charge in [0.25, 0.3) is 0 Å². The second-order valence-electron chi connectivity index (χ2n) is 6.17. The van der Waals surface area contributed by atoms with E-state index < -0.39 is 5.41 Å². The first-order valence-electron chi connectivity index (χ1n) is 7.84. The lowest BCUT2D eigenvalue weighted by atomic mass is 9.92. The van der Waals surface area contributed by atoms with Gasteiger partial charge in [0.05, 0.1) is 5.41 Å². The number of benzene rings is 1. The van der Waals surface area contributed by atoms with E-state index in [2.05, 4.69) is 38.7 Å². The molecule has 0 saturated carbocycles. The molecule has 1 aromatic rings. The van der Waals surface area contributed by atoms with E-state index >= 15 is 0 Å². The van der Waals surface area contributed by atoms with Crippen molar-refractivity contribution < 1.29 is 4.79 Å². The number of nitrogens with one attached hydrogen (secondary N) is 2. The van der Waals surface area contributed by atoms with Crippen molar-refractivity contribution in [1.29, 1.82) is 0 Å². The second-order valence-corrected chi connectivity index (χ2v) is 6.17. The highest BCUT2D eigenvalue weighted by atomic mass is 16.2. The number of anilines is 1. The molecule has 2 N–H and O–H groups in total. The van der Waals surface area contributed by atoms with Crippen LogP contribution in [0.15, 0.2) is 29.3 Å². The van der Waals surface area contributed by atoms with Crippen LogP contribution in [-0.2, 0) is 11.2 Å². The summed E-state index contributed by atoms with van der Waals surface area (Å²) in [4.78, 5) is 18.6. The van der Waals surface area contributed by atoms with Gasteiger partial charge >= 0.3 is 0 Å². The van der Waals surface area contributed by atoms with E-state index in [1.54, 1.807) is 7.05 Å². The summed E-state index contributed by atoms with van der Waals surface area (Å²) in [6.45, 7) is 7.93. The van der Waals surface area contributed by atoms with Crippen molar-refractivity contribution >= 4 is 17.6 Å². The summed E-state index contributed by atoms with van der Waals surface area (Å²) in [6, 6.07) is 8.38. The number of hydrogen-bond acceptors (Lipinski definition) is 2. The predicted molar refractivity (Wildman–Crippen MR) is 91.3 cm³/mol. The Morgan fingerprint density at radius 1 is 1.32 bits per heavy atom. The largest absolute Gasteiger partial charge is 0.356 e. The van der Waals surface area contributed by atoms with Gasteiger partial charge in [-0.05, 0) is 38.8 Å². The minimum atomic E-state index is -0.481. The monoisotopic (exact) mass is 302 g/mol. The molecule has 22 heavy (non-hydrogen) atoms. The fourth-order valence-electron chi connectivity index (χ4n) is 2.63. The molecule has 1 aliphatic heterocycles. The number of rotatable bonds is 4. The summed E-state index contributed by atoms with van der Waals surface area (Å²) in [6.07, 6.45) is 1.02. The molecule has 0 bridgehead atoms. The van der Waals surface area contributed by atoms with Crippen LogP contribution in [0.25, 0.3) is 0 Å². The summed E-state index contributed by atoms with van der Waals surface area (Å²) >= 11 is 0. The minimum absolute atomic E-state index is 0.0553. The third-order valence-electron chi connectivity index (χ3n) is 4.00. The lowest BCUT2D eigenvalue weighted by molar-refractivity contribution is -0.128. The van der Waals surface area contributed by atoms with Crippen molar-refractivity contribution in [2.24, 2.45) is 10.4 Å². The van der Waals surface area contributed by atoms with Gasteiger partial charge in [-0.1, -0.05) is 18.2 Å². The molecule has 120 valence electrons. The molecule has 1 heterocycles. The second kappa shape index (κ2) is 6.81. The minimum Gasteiger partial charge on any atom is -0.356 e. The zero-order valence-corrected chi connectivity index (χ0v) is 13.9. The van der Waals surface area contributed by atoms with Gasteiger partial charge in [0, 0.05) is 32.4 Å². The predicted octanol–water partition coefficient (Wildman–Crippen LogP) is 1.79. The van der Waals surface area contributed by atoms with Crippen LogP contribution in [0.2, 0.25) is 0 Å². The van der Waals surface area contributed by atoms with E-state index in [-0.39, 0.29) is 5.91 Å². The van der Waals surface area contributed by atoms with Crippen molar-refractivity contribution in [3.63, 3.8) is 0 Å². The van der Waals surface area contributed by atoms with Gasteiger partial charge in [-0.2, -0.15) is 0 Å². The Morgan fingerprint density at radius 3 is 2.73 bits per heavy atom. The van der Waals surface area contributed by atoms with Crippen LogP contribution in [0.4, 0.5) is 5.69 Å². The van der Waals surface area contributed by atoms with Crippen LogP contribution in [0.5, 0.6) is 0 Å². The number of nitrogens with zero attached hydrogens (tertiary/aromatic N) is 2. The lowest BCUT2D eigenvalue weighted by Crippen LogP contribution is -2.48. The quantitative estimate of drug-likeness (QED) is 0.658. The van der Waals surface area contributed by atoms with Crippen LogP contribution in [0.3, 0.4) is 0 Å². The average Bonchev–Trinajstić information content (AvgIpc) is 2.92. The number of aliphatic imine (C=N–C) groups is 1. The molecule has 1 aromatic carbocycles. The Morgan fingerprint density at radius 2 is 2.05 bits per heavy atom. The van der Waals surface area contributed by atoms with E-state index in [1.807, 2.05) is 26.8 Å². The summed E-state index contributed by atoms with van der Waals surface area (Å²) in [5.41, 5.74) is 2.06.